The zero-order chi connectivity index (χ0) is 17.3. The maximum atomic E-state index is 12.6. The van der Waals surface area contributed by atoms with Crippen LogP contribution < -0.4 is 5.56 Å². The Morgan fingerprint density at radius 1 is 1.12 bits per heavy atom. The van der Waals surface area contributed by atoms with Gasteiger partial charge in [0, 0.05) is 24.8 Å². The SMILES string of the molecule is O=C(c1ccc(=O)[nH]c1)N(Cc1ccc(C(F)(F)F)cc1)C1CC1. The van der Waals surface area contributed by atoms with E-state index in [1.54, 1.807) is 4.90 Å². The molecular weight excluding hydrogens is 321 g/mol. The molecule has 1 fully saturated rings. The van der Waals surface area contributed by atoms with Crippen LogP contribution in [-0.4, -0.2) is 21.8 Å². The molecule has 1 amide bonds. The zero-order valence-corrected chi connectivity index (χ0v) is 12.6. The Balaban J connectivity index is 1.78. The number of nitrogens with zero attached hydrogens (tertiary/aromatic N) is 1. The van der Waals surface area contributed by atoms with Gasteiger partial charge in [-0.25, -0.2) is 0 Å². The summed E-state index contributed by atoms with van der Waals surface area (Å²) < 4.78 is 37.8. The summed E-state index contributed by atoms with van der Waals surface area (Å²) in [5.41, 5.74) is -0.0236. The van der Waals surface area contributed by atoms with Crippen LogP contribution in [0, 0.1) is 0 Å². The van der Waals surface area contributed by atoms with Crippen LogP contribution in [0.25, 0.3) is 0 Å². The molecule has 1 saturated carbocycles. The summed E-state index contributed by atoms with van der Waals surface area (Å²) in [7, 11) is 0. The number of rotatable bonds is 4. The van der Waals surface area contributed by atoms with Crippen molar-refractivity contribution in [2.24, 2.45) is 0 Å². The molecule has 1 aromatic heterocycles. The van der Waals surface area contributed by atoms with Gasteiger partial charge in [-0.3, -0.25) is 9.59 Å². The van der Waals surface area contributed by atoms with E-state index in [1.165, 1.54) is 30.5 Å². The number of nitrogens with one attached hydrogen (secondary N) is 1. The van der Waals surface area contributed by atoms with Crippen molar-refractivity contribution >= 4 is 5.91 Å². The monoisotopic (exact) mass is 336 g/mol. The van der Waals surface area contributed by atoms with E-state index >= 15 is 0 Å². The van der Waals surface area contributed by atoms with Crippen molar-refractivity contribution in [2.45, 2.75) is 31.6 Å². The molecule has 0 spiro atoms. The van der Waals surface area contributed by atoms with Gasteiger partial charge < -0.3 is 9.88 Å². The number of carbonyl (C=O) groups excluding carboxylic acids is 1. The molecule has 1 aliphatic rings. The molecular formula is C17H15F3N2O2. The van der Waals surface area contributed by atoms with E-state index in [9.17, 15) is 22.8 Å². The maximum absolute atomic E-state index is 12.6. The first kappa shape index (κ1) is 16.3. The van der Waals surface area contributed by atoms with Gasteiger partial charge in [0.1, 0.15) is 0 Å². The summed E-state index contributed by atoms with van der Waals surface area (Å²) in [6.45, 7) is 0.237. The third kappa shape index (κ3) is 3.67. The Labute approximate surface area is 135 Å². The Hall–Kier alpha value is -2.57. The number of pyridine rings is 1. The number of hydrogen-bond acceptors (Lipinski definition) is 2. The number of H-pyrrole nitrogens is 1. The molecule has 0 unspecified atom stereocenters. The van der Waals surface area contributed by atoms with E-state index in [0.717, 1.165) is 25.0 Å². The second-order valence-corrected chi connectivity index (χ2v) is 5.80. The van der Waals surface area contributed by atoms with Gasteiger partial charge in [-0.2, -0.15) is 13.2 Å². The lowest BCUT2D eigenvalue weighted by Crippen LogP contribution is -2.33. The lowest BCUT2D eigenvalue weighted by Gasteiger charge is -2.23. The Kier molecular flexibility index (Phi) is 4.17. The van der Waals surface area contributed by atoms with Crippen molar-refractivity contribution in [1.29, 1.82) is 0 Å². The van der Waals surface area contributed by atoms with Crippen molar-refractivity contribution in [1.82, 2.24) is 9.88 Å². The summed E-state index contributed by atoms with van der Waals surface area (Å²) in [4.78, 5) is 27.8. The van der Waals surface area contributed by atoms with Crippen LogP contribution in [0.2, 0.25) is 0 Å². The third-order valence-corrected chi connectivity index (χ3v) is 3.91. The predicted molar refractivity (Wildman–Crippen MR) is 81.4 cm³/mol. The molecule has 1 N–H and O–H groups in total. The van der Waals surface area contributed by atoms with Crippen LogP contribution in [-0.2, 0) is 12.7 Å². The maximum Gasteiger partial charge on any atom is 0.416 e. The number of carbonyl (C=O) groups is 1. The van der Waals surface area contributed by atoms with E-state index in [1.807, 2.05) is 0 Å². The number of amides is 1. The average molecular weight is 336 g/mol. The highest BCUT2D eigenvalue weighted by Gasteiger charge is 2.34. The average Bonchev–Trinajstić information content (AvgIpc) is 3.37. The molecule has 0 aliphatic heterocycles. The minimum Gasteiger partial charge on any atom is -0.331 e. The van der Waals surface area contributed by atoms with Crippen LogP contribution in [0.15, 0.2) is 47.4 Å². The summed E-state index contributed by atoms with van der Waals surface area (Å²) in [6, 6.07) is 7.62. The largest absolute Gasteiger partial charge is 0.416 e. The quantitative estimate of drug-likeness (QED) is 0.932. The van der Waals surface area contributed by atoms with E-state index in [0.29, 0.717) is 11.1 Å². The fourth-order valence-electron chi connectivity index (χ4n) is 2.46. The molecule has 0 saturated heterocycles. The first-order valence-electron chi connectivity index (χ1n) is 7.50. The van der Waals surface area contributed by atoms with Gasteiger partial charge in [0.25, 0.3) is 5.91 Å². The van der Waals surface area contributed by atoms with Gasteiger partial charge in [0.15, 0.2) is 0 Å². The molecule has 4 nitrogen and oxygen atoms in total. The third-order valence-electron chi connectivity index (χ3n) is 3.91. The minimum atomic E-state index is -4.37. The molecule has 2 aromatic rings. The zero-order valence-electron chi connectivity index (χ0n) is 12.6. The number of halogens is 3. The number of aromatic amines is 1. The molecule has 0 radical (unpaired) electrons. The summed E-state index contributed by atoms with van der Waals surface area (Å²) in [5.74, 6) is -0.242. The molecule has 0 bridgehead atoms. The van der Waals surface area contributed by atoms with Crippen molar-refractivity contribution in [3.63, 3.8) is 0 Å². The van der Waals surface area contributed by atoms with Crippen LogP contribution in [0.4, 0.5) is 13.2 Å². The van der Waals surface area contributed by atoms with Gasteiger partial charge >= 0.3 is 6.18 Å². The van der Waals surface area contributed by atoms with E-state index in [2.05, 4.69) is 4.98 Å². The van der Waals surface area contributed by atoms with Crippen LogP contribution in [0.5, 0.6) is 0 Å². The normalized spacial score (nSPS) is 14.5. The molecule has 24 heavy (non-hydrogen) atoms. The fraction of sp³-hybridized carbons (Fsp3) is 0.294. The predicted octanol–water partition coefficient (Wildman–Crippen LogP) is 3.20. The summed E-state index contributed by atoms with van der Waals surface area (Å²) in [5, 5.41) is 0. The number of benzene rings is 1. The van der Waals surface area contributed by atoms with Crippen molar-refractivity contribution < 1.29 is 18.0 Å². The Morgan fingerprint density at radius 2 is 1.79 bits per heavy atom. The second kappa shape index (κ2) is 6.14. The van der Waals surface area contributed by atoms with Crippen LogP contribution >= 0.6 is 0 Å². The van der Waals surface area contributed by atoms with Gasteiger partial charge in [-0.05, 0) is 36.6 Å². The Morgan fingerprint density at radius 3 is 2.29 bits per heavy atom. The molecule has 0 atom stereocenters. The second-order valence-electron chi connectivity index (χ2n) is 5.80. The molecule has 126 valence electrons. The smallest absolute Gasteiger partial charge is 0.331 e. The number of alkyl halides is 3. The van der Waals surface area contributed by atoms with Gasteiger partial charge in [0.2, 0.25) is 5.56 Å². The van der Waals surface area contributed by atoms with E-state index in [4.69, 9.17) is 0 Å². The molecule has 1 heterocycles. The summed E-state index contributed by atoms with van der Waals surface area (Å²) >= 11 is 0. The first-order valence-corrected chi connectivity index (χ1v) is 7.50. The standard InChI is InChI=1S/C17H15F3N2O2/c18-17(19,20)13-4-1-11(2-5-13)10-22(14-6-7-14)16(24)12-3-8-15(23)21-9-12/h1-5,8-9,14H,6-7,10H2,(H,21,23). The summed E-state index contributed by atoms with van der Waals surface area (Å²) in [6.07, 6.45) is -1.28. The highest BCUT2D eigenvalue weighted by atomic mass is 19.4. The lowest BCUT2D eigenvalue weighted by atomic mass is 10.1. The van der Waals surface area contributed by atoms with Crippen LogP contribution in [0.1, 0.15) is 34.3 Å². The van der Waals surface area contributed by atoms with Crippen molar-refractivity contribution in [2.75, 3.05) is 0 Å². The molecule has 1 aliphatic carbocycles. The van der Waals surface area contributed by atoms with Gasteiger partial charge in [-0.1, -0.05) is 12.1 Å². The van der Waals surface area contributed by atoms with Crippen molar-refractivity contribution in [3.8, 4) is 0 Å². The fourth-order valence-corrected chi connectivity index (χ4v) is 2.46. The van der Waals surface area contributed by atoms with E-state index in [-0.39, 0.29) is 24.1 Å². The number of aromatic nitrogens is 1. The lowest BCUT2D eigenvalue weighted by molar-refractivity contribution is -0.137. The highest BCUT2D eigenvalue weighted by molar-refractivity contribution is 5.94. The van der Waals surface area contributed by atoms with Crippen molar-refractivity contribution in [3.05, 3.63) is 69.6 Å². The Bertz CT molecular complexity index is 772. The van der Waals surface area contributed by atoms with Gasteiger partial charge in [-0.15, -0.1) is 0 Å². The van der Waals surface area contributed by atoms with E-state index < -0.39 is 11.7 Å². The minimum absolute atomic E-state index is 0.0896. The number of hydrogen-bond donors (Lipinski definition) is 1. The van der Waals surface area contributed by atoms with Gasteiger partial charge in [0.05, 0.1) is 11.1 Å². The first-order chi connectivity index (χ1) is 11.3. The molecule has 3 rings (SSSR count). The molecule has 7 heteroatoms. The van der Waals surface area contributed by atoms with Crippen LogP contribution in [0.3, 0.4) is 0 Å². The topological polar surface area (TPSA) is 53.2 Å². The highest BCUT2D eigenvalue weighted by Crippen LogP contribution is 2.31. The molecule has 1 aromatic carbocycles.